The molecule has 4 saturated heterocycles. The molecule has 10 fully saturated rings. The highest BCUT2D eigenvalue weighted by Crippen LogP contribution is 2.70. The molecule has 6 unspecified atom stereocenters. The summed E-state index contributed by atoms with van der Waals surface area (Å²) in [6, 6.07) is 45.7. The number of carbonyl (C=O) groups excluding carboxylic acids is 2. The first-order chi connectivity index (χ1) is 64.6. The summed E-state index contributed by atoms with van der Waals surface area (Å²) in [6.07, 6.45) is 15.4. The number of fused-ring (bicyclic) bond motifs is 16. The first kappa shape index (κ1) is 92.6. The summed E-state index contributed by atoms with van der Waals surface area (Å²) in [5, 5.41) is 70.4. The van der Waals surface area contributed by atoms with E-state index in [-0.39, 0.29) is 88.5 Å². The highest BCUT2D eigenvalue weighted by molar-refractivity contribution is 7.86. The van der Waals surface area contributed by atoms with Gasteiger partial charge in [-0.2, -0.15) is 38.6 Å². The minimum Gasteiger partial charge on any atom is -0.428 e. The van der Waals surface area contributed by atoms with Crippen molar-refractivity contribution in [2.75, 3.05) is 139 Å². The summed E-state index contributed by atoms with van der Waals surface area (Å²) in [4.78, 5) is 53.4. The molecule has 0 radical (unpaired) electrons. The van der Waals surface area contributed by atoms with Crippen LogP contribution in [-0.4, -0.2) is 232 Å². The van der Waals surface area contributed by atoms with E-state index in [1.165, 1.54) is 35.4 Å². The largest absolute Gasteiger partial charge is 0.428 e. The van der Waals surface area contributed by atoms with Crippen LogP contribution < -0.4 is 36.0 Å². The van der Waals surface area contributed by atoms with Crippen molar-refractivity contribution in [3.63, 3.8) is 0 Å². The summed E-state index contributed by atoms with van der Waals surface area (Å²) < 4.78 is 81.0. The van der Waals surface area contributed by atoms with Crippen LogP contribution in [0.3, 0.4) is 0 Å². The second-order valence-electron chi connectivity index (χ2n) is 39.1. The lowest BCUT2D eigenvalue weighted by Crippen LogP contribution is -2.63. The monoisotopic (exact) mass is 1870 g/mol. The number of halogens is 3. The van der Waals surface area contributed by atoms with Crippen LogP contribution in [-0.2, 0) is 36.7 Å². The number of aromatic nitrogens is 8. The van der Waals surface area contributed by atoms with Gasteiger partial charge in [-0.15, -0.1) is 0 Å². The minimum absolute atomic E-state index is 0.0137. The van der Waals surface area contributed by atoms with Gasteiger partial charge >= 0.3 is 0 Å². The number of benzene rings is 6. The van der Waals surface area contributed by atoms with E-state index in [1.54, 1.807) is 24.3 Å². The predicted octanol–water partition coefficient (Wildman–Crippen LogP) is 13.0. The number of nitrogens with one attached hydrogen (secondary N) is 4. The normalized spacial score (nSPS) is 29.1. The third-order valence-corrected chi connectivity index (χ3v) is 32.2. The first-order valence-corrected chi connectivity index (χ1v) is 49.4. The average Bonchev–Trinajstić information content (AvgIpc) is 1.48. The molecular weight excluding hydrogens is 1750 g/mol. The number of anilines is 3. The molecule has 6 aromatic heterocycles. The van der Waals surface area contributed by atoms with Gasteiger partial charge in [0, 0.05) is 116 Å². The Labute approximate surface area is 782 Å². The zero-order valence-electron chi connectivity index (χ0n) is 76.4. The van der Waals surface area contributed by atoms with Crippen LogP contribution in [0.2, 0.25) is 5.35 Å². The van der Waals surface area contributed by atoms with Crippen molar-refractivity contribution < 1.29 is 69.1 Å². The van der Waals surface area contributed by atoms with Gasteiger partial charge in [0.05, 0.1) is 60.2 Å². The van der Waals surface area contributed by atoms with Crippen molar-refractivity contribution in [3.05, 3.63) is 209 Å². The summed E-state index contributed by atoms with van der Waals surface area (Å²) in [5.41, 5.74) is 9.82. The molecule has 8 aliphatic carbocycles. The van der Waals surface area contributed by atoms with E-state index in [0.29, 0.717) is 57.9 Å². The molecule has 6 saturated carbocycles. The van der Waals surface area contributed by atoms with Gasteiger partial charge in [0.15, 0.2) is 33.9 Å². The summed E-state index contributed by atoms with van der Waals surface area (Å²) in [5.74, 6) is -0.855. The highest BCUT2D eigenvalue weighted by atomic mass is 35.5. The van der Waals surface area contributed by atoms with Crippen molar-refractivity contribution in [1.29, 1.82) is 0 Å². The SMILES string of the molecule is C1CNCCN1.C[C@]12Cc3cnn(-c4ccc(F)cc4)c3C=C1CCC1C2[C@@H](O)C[C@@]2(C)C1CC[C@]2(O)C(=O)CN1CCN(c2nc3ccccc3o2)CC1.C[C@]12Cc3cnn(-c4ccc(F)cc4)c3C=C1CCC1C2[C@@H](O)C[C@@]2(C)C1CC[C@]2(O)C(=O)COS(C)(=O)=O.Clc1nc2ccccc2o1.c1ccc2oc(N3CCNCC3)nc2c1.c1ccc2oc(N3CCNCC3)nc2c1. The van der Waals surface area contributed by atoms with Crippen LogP contribution in [0.15, 0.2) is 187 Å². The number of carbonyl (C=O) groups is 2. The molecular formula is C101H119ClF2N16O13S. The number of para-hydroxylation sites is 8. The molecule has 708 valence electrons. The molecule has 8 N–H and O–H groups in total. The Balaban J connectivity index is 0.000000118. The molecule has 12 aromatic rings. The maximum absolute atomic E-state index is 14.1. The number of oxazole rings is 4. The summed E-state index contributed by atoms with van der Waals surface area (Å²) in [7, 11) is -3.83. The van der Waals surface area contributed by atoms with Crippen molar-refractivity contribution in [2.24, 2.45) is 57.2 Å². The Morgan fingerprint density at radius 3 is 1.23 bits per heavy atom. The molecule has 14 atom stereocenters. The van der Waals surface area contributed by atoms with Gasteiger partial charge in [-0.25, -0.2) is 18.1 Å². The van der Waals surface area contributed by atoms with Crippen LogP contribution in [0.4, 0.5) is 26.8 Å². The Hall–Kier alpha value is -10.5. The molecule has 29 nitrogen and oxygen atoms in total. The molecule has 0 amide bonds. The number of rotatable bonds is 12. The maximum Gasteiger partial charge on any atom is 0.298 e. The number of nitrogens with zero attached hydrogens (tertiary/aromatic N) is 12. The number of hydrogen-bond acceptors (Lipinski definition) is 27. The molecule has 0 bridgehead atoms. The highest BCUT2D eigenvalue weighted by Gasteiger charge is 2.70. The lowest BCUT2D eigenvalue weighted by Gasteiger charge is -2.60. The van der Waals surface area contributed by atoms with Crippen LogP contribution in [0.1, 0.15) is 114 Å². The number of allylic oxidation sites excluding steroid dienone is 2. The molecule has 33 heteroatoms. The fourth-order valence-corrected chi connectivity index (χ4v) is 25.2. The second-order valence-corrected chi connectivity index (χ2v) is 41.1. The number of aliphatic hydroxyl groups excluding tert-OH is 2. The molecule has 134 heavy (non-hydrogen) atoms. The van der Waals surface area contributed by atoms with Gasteiger partial charge < -0.3 is 74.1 Å². The van der Waals surface area contributed by atoms with Crippen LogP contribution in [0, 0.1) is 68.8 Å². The molecule has 12 aliphatic rings. The standard InChI is InChI=1S/C39H44FN5O4.C29H35FN2O6S.2C11H13N3O.C7H4ClNO.C4H10N2/c1-37-20-24-22-41-45(27-10-8-26(40)9-11-27)31(24)19-25(37)7-12-28-29-13-14-39(48,38(29,2)21-32(46)35(28)37)34(47)23-43-15-17-44(18-16-43)36-42-30-5-3-4-6-33(30)49-36;1-27-13-17-15-31-32(20-7-5-19(30)6-8-20)23(17)12-18(27)4-9-21-22-10-11-29(35,25(34)16-38-39(3,36)37)28(22,2)14-24(33)26(21)27;2*1-2-4-10-9(3-1)13-11(15-10)14-7-5-12-6-8-14;8-7-9-5-3-1-2-4-6(5)10-7;1-2-6-4-3-5-1/h3-6,8-11,19,22,28-29,32,35,46,48H,7,12-18,20-21,23H2,1-2H3;5-8,12,15,21-22,24,26,33,35H,4,9-11,13-14,16H2,1-3H3;2*1-4,12H,5-8H2;1-4H;5-6H,1-4H2/t28?,29?,32-,35?,37-,38-,39-;21?,22?,24-,26?,27-,28-,29-;;;;/m00..../s1. The van der Waals surface area contributed by atoms with E-state index in [2.05, 4.69) is 98.8 Å². The smallest absolute Gasteiger partial charge is 0.298 e. The first-order valence-electron chi connectivity index (χ1n) is 47.2. The van der Waals surface area contributed by atoms with Gasteiger partial charge in [0.1, 0.15) is 51.5 Å². The van der Waals surface area contributed by atoms with E-state index in [0.717, 1.165) is 214 Å². The van der Waals surface area contributed by atoms with E-state index < -0.39 is 56.7 Å². The van der Waals surface area contributed by atoms with Crippen LogP contribution in [0.5, 0.6) is 0 Å². The quantitative estimate of drug-likeness (QED) is 0.0527. The molecule has 4 aliphatic heterocycles. The van der Waals surface area contributed by atoms with Crippen molar-refractivity contribution >= 4 is 108 Å². The minimum atomic E-state index is -3.83. The molecule has 10 heterocycles. The Morgan fingerprint density at radius 1 is 0.485 bits per heavy atom. The van der Waals surface area contributed by atoms with Crippen LogP contribution in [0.25, 0.3) is 67.9 Å². The number of aliphatic hydroxyl groups is 4. The van der Waals surface area contributed by atoms with Crippen molar-refractivity contribution in [1.82, 2.24) is 65.7 Å². The number of Topliss-reactive ketones (excluding diaryl/α,β-unsaturated/α-hetero) is 2. The van der Waals surface area contributed by atoms with Gasteiger partial charge in [-0.1, -0.05) is 87.4 Å². The fraction of sp³-hybridized carbons (Fsp3) is 0.485. The third kappa shape index (κ3) is 18.0. The second kappa shape index (κ2) is 37.9. The topological polar surface area (TPSA) is 359 Å². The van der Waals surface area contributed by atoms with Gasteiger partial charge in [0.2, 0.25) is 0 Å². The Kier molecular flexibility index (Phi) is 26.2. The van der Waals surface area contributed by atoms with Crippen molar-refractivity contribution in [3.8, 4) is 11.4 Å². The predicted molar refractivity (Wildman–Crippen MR) is 508 cm³/mol. The Bertz CT molecular complexity index is 6190. The zero-order valence-corrected chi connectivity index (χ0v) is 77.9. The molecule has 0 spiro atoms. The van der Waals surface area contributed by atoms with Crippen molar-refractivity contribution in [2.45, 2.75) is 128 Å². The third-order valence-electron chi connectivity index (χ3n) is 31.5. The number of ketones is 2. The van der Waals surface area contributed by atoms with Gasteiger partial charge in [-0.3, -0.25) is 18.7 Å². The maximum atomic E-state index is 14.1. The summed E-state index contributed by atoms with van der Waals surface area (Å²) in [6.45, 7) is 23.1. The fourth-order valence-electron chi connectivity index (χ4n) is 24.7. The van der Waals surface area contributed by atoms with Gasteiger partial charge in [-0.05, 0) is 255 Å². The molecule has 6 aromatic carbocycles. The lowest BCUT2D eigenvalue weighted by atomic mass is 9.45. The number of hydrogen-bond donors (Lipinski definition) is 8. The molecule has 24 rings (SSSR count). The van der Waals surface area contributed by atoms with E-state index >= 15 is 0 Å². The summed E-state index contributed by atoms with van der Waals surface area (Å²) >= 11 is 5.51. The lowest BCUT2D eigenvalue weighted by molar-refractivity contribution is -0.180. The van der Waals surface area contributed by atoms with Gasteiger partial charge in [0.25, 0.3) is 33.5 Å². The zero-order chi connectivity index (χ0) is 93.1. The van der Waals surface area contributed by atoms with E-state index in [1.807, 2.05) is 126 Å². The Morgan fingerprint density at radius 2 is 0.851 bits per heavy atom. The van der Waals surface area contributed by atoms with E-state index in [4.69, 9.17) is 38.6 Å². The van der Waals surface area contributed by atoms with Crippen LogP contribution >= 0.6 is 11.6 Å². The van der Waals surface area contributed by atoms with E-state index in [9.17, 15) is 47.2 Å². The number of piperazine rings is 4. The average molecular weight is 1870 g/mol.